The third kappa shape index (κ3) is 2.64. The van der Waals surface area contributed by atoms with Crippen molar-refractivity contribution in [1.29, 1.82) is 0 Å². The molecule has 10 heteroatoms. The van der Waals surface area contributed by atoms with Gasteiger partial charge >= 0.3 is 0 Å². The maximum atomic E-state index is 5.94. The monoisotopic (exact) mass is 446 g/mol. The summed E-state index contributed by atoms with van der Waals surface area (Å²) in [5.41, 5.74) is 2.47. The molecule has 0 saturated carbocycles. The molecule has 4 aromatic heterocycles. The van der Waals surface area contributed by atoms with Gasteiger partial charge in [0.15, 0.2) is 15.4 Å². The molecular weight excluding hydrogens is 440 g/mol. The third-order valence-electron chi connectivity index (χ3n) is 3.73. The van der Waals surface area contributed by atoms with E-state index in [0.717, 1.165) is 22.0 Å². The quantitative estimate of drug-likeness (QED) is 0.424. The number of aromatic amines is 1. The summed E-state index contributed by atoms with van der Waals surface area (Å²) in [6.07, 6.45) is 0. The van der Waals surface area contributed by atoms with Gasteiger partial charge in [0.25, 0.3) is 0 Å². The van der Waals surface area contributed by atoms with Crippen molar-refractivity contribution in [1.82, 2.24) is 30.0 Å². The number of hydrogen-bond acceptors (Lipinski definition) is 6. The Kier molecular flexibility index (Phi) is 3.66. The molecule has 0 fully saturated rings. The SMILES string of the molecule is Clc1ccc(-c2cc(-c3nnc4sc(-c5ccc(Br)o5)nn34)[nH]n2)cc1. The van der Waals surface area contributed by atoms with Crippen LogP contribution in [0.15, 0.2) is 51.6 Å². The molecule has 0 atom stereocenters. The average Bonchev–Trinajstić information content (AvgIpc) is 3.38. The molecule has 5 aromatic rings. The number of aromatic nitrogens is 6. The van der Waals surface area contributed by atoms with Gasteiger partial charge in [-0.3, -0.25) is 5.10 Å². The summed E-state index contributed by atoms with van der Waals surface area (Å²) >= 11 is 10.6. The lowest BCUT2D eigenvalue weighted by molar-refractivity contribution is 0.554. The molecule has 0 saturated heterocycles. The molecule has 0 aliphatic rings. The van der Waals surface area contributed by atoms with Gasteiger partial charge in [0.2, 0.25) is 10.8 Å². The predicted octanol–water partition coefficient (Wildman–Crippen LogP) is 4.92. The number of nitrogens with one attached hydrogen (secondary N) is 1. The summed E-state index contributed by atoms with van der Waals surface area (Å²) < 4.78 is 7.89. The molecule has 0 bridgehead atoms. The summed E-state index contributed by atoms with van der Waals surface area (Å²) in [6, 6.07) is 13.1. The van der Waals surface area contributed by atoms with Crippen molar-refractivity contribution >= 4 is 43.8 Å². The molecular formula is C16H8BrClN6OS. The molecule has 1 N–H and O–H groups in total. The van der Waals surface area contributed by atoms with Gasteiger partial charge in [-0.2, -0.15) is 9.61 Å². The second-order valence-corrected chi connectivity index (χ2v) is 7.58. The molecule has 0 radical (unpaired) electrons. The topological polar surface area (TPSA) is 84.9 Å². The van der Waals surface area contributed by atoms with Gasteiger partial charge < -0.3 is 4.42 Å². The van der Waals surface area contributed by atoms with E-state index in [0.29, 0.717) is 26.2 Å². The number of fused-ring (bicyclic) bond motifs is 1. The molecule has 0 aliphatic carbocycles. The van der Waals surface area contributed by atoms with E-state index < -0.39 is 0 Å². The highest BCUT2D eigenvalue weighted by atomic mass is 79.9. The van der Waals surface area contributed by atoms with Crippen LogP contribution < -0.4 is 0 Å². The number of halogens is 2. The van der Waals surface area contributed by atoms with Crippen LogP contribution in [0.25, 0.3) is 38.5 Å². The standard InChI is InChI=1S/C16H8BrClN6OS/c17-13-6-5-12(25-13)15-23-24-14(21-22-16(24)26-15)11-7-10(19-20-11)8-1-3-9(18)4-2-8/h1-7H,(H,19,20). The van der Waals surface area contributed by atoms with Crippen molar-refractivity contribution in [3.05, 3.63) is 52.2 Å². The lowest BCUT2D eigenvalue weighted by atomic mass is 10.1. The van der Waals surface area contributed by atoms with Gasteiger partial charge in [0, 0.05) is 10.6 Å². The van der Waals surface area contributed by atoms with Crippen molar-refractivity contribution in [2.24, 2.45) is 0 Å². The number of benzene rings is 1. The summed E-state index contributed by atoms with van der Waals surface area (Å²) in [4.78, 5) is 0.671. The van der Waals surface area contributed by atoms with Crippen LogP contribution in [0, 0.1) is 0 Å². The van der Waals surface area contributed by atoms with Gasteiger partial charge in [-0.1, -0.05) is 35.1 Å². The van der Waals surface area contributed by atoms with E-state index in [1.54, 1.807) is 4.52 Å². The van der Waals surface area contributed by atoms with E-state index in [1.807, 2.05) is 42.5 Å². The van der Waals surface area contributed by atoms with E-state index in [4.69, 9.17) is 16.0 Å². The Labute approximate surface area is 163 Å². The molecule has 0 aliphatic heterocycles. The van der Waals surface area contributed by atoms with Crippen LogP contribution in [-0.4, -0.2) is 30.0 Å². The normalized spacial score (nSPS) is 11.5. The molecule has 0 unspecified atom stereocenters. The van der Waals surface area contributed by atoms with Crippen molar-refractivity contribution in [2.75, 3.05) is 0 Å². The maximum absolute atomic E-state index is 5.94. The van der Waals surface area contributed by atoms with Crippen LogP contribution in [-0.2, 0) is 0 Å². The predicted molar refractivity (Wildman–Crippen MR) is 102 cm³/mol. The molecule has 7 nitrogen and oxygen atoms in total. The van der Waals surface area contributed by atoms with E-state index in [9.17, 15) is 0 Å². The third-order valence-corrected chi connectivity index (χ3v) is 5.33. The van der Waals surface area contributed by atoms with Gasteiger partial charge in [0.1, 0.15) is 5.69 Å². The molecule has 4 heterocycles. The number of H-pyrrole nitrogens is 1. The Balaban J connectivity index is 1.55. The van der Waals surface area contributed by atoms with Crippen LogP contribution in [0.5, 0.6) is 0 Å². The Hall–Kier alpha value is -2.49. The molecule has 26 heavy (non-hydrogen) atoms. The van der Waals surface area contributed by atoms with E-state index in [-0.39, 0.29) is 0 Å². The van der Waals surface area contributed by atoms with Gasteiger partial charge in [-0.15, -0.1) is 15.3 Å². The lowest BCUT2D eigenvalue weighted by Gasteiger charge is -1.95. The first-order valence-electron chi connectivity index (χ1n) is 7.47. The molecule has 5 rings (SSSR count). The number of furan rings is 1. The highest BCUT2D eigenvalue weighted by molar-refractivity contribution is 9.10. The Morgan fingerprint density at radius 3 is 2.73 bits per heavy atom. The number of nitrogens with zero attached hydrogens (tertiary/aromatic N) is 5. The molecule has 0 spiro atoms. The van der Waals surface area contributed by atoms with Crippen LogP contribution in [0.1, 0.15) is 0 Å². The molecule has 128 valence electrons. The lowest BCUT2D eigenvalue weighted by Crippen LogP contribution is -1.90. The Morgan fingerprint density at radius 2 is 1.96 bits per heavy atom. The van der Waals surface area contributed by atoms with Gasteiger partial charge in [0.05, 0.1) is 5.69 Å². The summed E-state index contributed by atoms with van der Waals surface area (Å²) in [6.45, 7) is 0. The average molecular weight is 448 g/mol. The van der Waals surface area contributed by atoms with Crippen molar-refractivity contribution in [3.63, 3.8) is 0 Å². The van der Waals surface area contributed by atoms with Crippen molar-refractivity contribution in [2.45, 2.75) is 0 Å². The smallest absolute Gasteiger partial charge is 0.235 e. The first-order chi connectivity index (χ1) is 12.7. The minimum Gasteiger partial charge on any atom is -0.447 e. The fourth-order valence-corrected chi connectivity index (χ4v) is 3.75. The summed E-state index contributed by atoms with van der Waals surface area (Å²) in [5, 5.41) is 21.7. The fourth-order valence-electron chi connectivity index (χ4n) is 2.52. The largest absolute Gasteiger partial charge is 0.447 e. The minimum atomic E-state index is 0.584. The molecule has 1 aromatic carbocycles. The van der Waals surface area contributed by atoms with Crippen LogP contribution in [0.3, 0.4) is 0 Å². The van der Waals surface area contributed by atoms with Crippen molar-refractivity contribution < 1.29 is 4.42 Å². The Morgan fingerprint density at radius 1 is 1.12 bits per heavy atom. The van der Waals surface area contributed by atoms with Crippen molar-refractivity contribution in [3.8, 4) is 33.5 Å². The Bertz CT molecular complexity index is 1220. The van der Waals surface area contributed by atoms with Gasteiger partial charge in [-0.25, -0.2) is 0 Å². The second kappa shape index (κ2) is 6.04. The number of hydrogen-bond donors (Lipinski definition) is 1. The maximum Gasteiger partial charge on any atom is 0.235 e. The summed E-state index contributed by atoms with van der Waals surface area (Å²) in [5.74, 6) is 1.26. The van der Waals surface area contributed by atoms with E-state index in [1.165, 1.54) is 11.3 Å². The fraction of sp³-hybridized carbons (Fsp3) is 0. The zero-order chi connectivity index (χ0) is 17.7. The first kappa shape index (κ1) is 15.7. The van der Waals surface area contributed by atoms with E-state index >= 15 is 0 Å². The summed E-state index contributed by atoms with van der Waals surface area (Å²) in [7, 11) is 0. The first-order valence-corrected chi connectivity index (χ1v) is 9.46. The van der Waals surface area contributed by atoms with E-state index in [2.05, 4.69) is 41.4 Å². The van der Waals surface area contributed by atoms with Crippen LogP contribution in [0.2, 0.25) is 5.02 Å². The molecule has 0 amide bonds. The zero-order valence-electron chi connectivity index (χ0n) is 12.8. The van der Waals surface area contributed by atoms with Gasteiger partial charge in [-0.05, 0) is 46.3 Å². The highest BCUT2D eigenvalue weighted by Gasteiger charge is 2.18. The van der Waals surface area contributed by atoms with Crippen LogP contribution in [0.4, 0.5) is 0 Å². The highest BCUT2D eigenvalue weighted by Crippen LogP contribution is 2.31. The number of rotatable bonds is 3. The minimum absolute atomic E-state index is 0.584. The van der Waals surface area contributed by atoms with Crippen LogP contribution >= 0.6 is 38.9 Å². The second-order valence-electron chi connectivity index (χ2n) is 5.40. The zero-order valence-corrected chi connectivity index (χ0v) is 16.0.